The third-order valence-electron chi connectivity index (χ3n) is 4.56. The summed E-state index contributed by atoms with van der Waals surface area (Å²) >= 11 is 0. The lowest BCUT2D eigenvalue weighted by atomic mass is 9.88. The molecule has 2 N–H and O–H groups in total. The second-order valence-corrected chi connectivity index (χ2v) is 6.50. The standard InChI is InChI=1S/C19H24N2O3/c1-12(2)20-19(23)24-11-17-16(10-22)15-9-8-13-6-4-5-7-14(13)18(15)21(17)3/h4-7,12,22H,8-11H2,1-3H3,(H,20,23). The quantitative estimate of drug-likeness (QED) is 0.907. The van der Waals surface area contributed by atoms with Crippen molar-refractivity contribution >= 4 is 6.09 Å². The summed E-state index contributed by atoms with van der Waals surface area (Å²) in [6, 6.07) is 8.38. The van der Waals surface area contributed by atoms with E-state index < -0.39 is 6.09 Å². The van der Waals surface area contributed by atoms with E-state index in [2.05, 4.69) is 28.1 Å². The number of hydrogen-bond acceptors (Lipinski definition) is 3. The molecular weight excluding hydrogens is 304 g/mol. The van der Waals surface area contributed by atoms with Gasteiger partial charge >= 0.3 is 6.09 Å². The Hall–Kier alpha value is -2.27. The number of carbonyl (C=O) groups is 1. The molecule has 1 aromatic carbocycles. The molecule has 0 aliphatic heterocycles. The van der Waals surface area contributed by atoms with Crippen LogP contribution in [0, 0.1) is 0 Å². The van der Waals surface area contributed by atoms with Crippen LogP contribution in [0.2, 0.25) is 0 Å². The number of aryl methyl sites for hydroxylation is 1. The maximum absolute atomic E-state index is 11.8. The number of benzene rings is 1. The number of fused-ring (bicyclic) bond motifs is 3. The number of ether oxygens (including phenoxy) is 1. The average molecular weight is 328 g/mol. The van der Waals surface area contributed by atoms with E-state index in [9.17, 15) is 9.90 Å². The minimum atomic E-state index is -0.437. The highest BCUT2D eigenvalue weighted by atomic mass is 16.5. The van der Waals surface area contributed by atoms with Gasteiger partial charge in [-0.25, -0.2) is 4.79 Å². The number of rotatable bonds is 4. The van der Waals surface area contributed by atoms with E-state index in [4.69, 9.17) is 4.74 Å². The fourth-order valence-electron chi connectivity index (χ4n) is 3.48. The molecule has 1 aliphatic carbocycles. The number of aromatic nitrogens is 1. The van der Waals surface area contributed by atoms with Gasteiger partial charge in [0.1, 0.15) is 6.61 Å². The molecule has 1 heterocycles. The van der Waals surface area contributed by atoms with Gasteiger partial charge in [-0.05, 0) is 37.8 Å². The second kappa shape index (κ2) is 6.69. The van der Waals surface area contributed by atoms with Crippen LogP contribution in [0.1, 0.15) is 36.2 Å². The van der Waals surface area contributed by atoms with Gasteiger partial charge in [-0.2, -0.15) is 0 Å². The van der Waals surface area contributed by atoms with Crippen LogP contribution in [0.5, 0.6) is 0 Å². The van der Waals surface area contributed by atoms with Crippen molar-refractivity contribution in [2.24, 2.45) is 7.05 Å². The molecule has 0 saturated carbocycles. The van der Waals surface area contributed by atoms with E-state index in [0.29, 0.717) is 0 Å². The van der Waals surface area contributed by atoms with E-state index in [-0.39, 0.29) is 19.3 Å². The van der Waals surface area contributed by atoms with Crippen molar-refractivity contribution in [1.29, 1.82) is 0 Å². The first-order valence-corrected chi connectivity index (χ1v) is 8.34. The lowest BCUT2D eigenvalue weighted by molar-refractivity contribution is 0.133. The molecule has 1 amide bonds. The summed E-state index contributed by atoms with van der Waals surface area (Å²) in [5.74, 6) is 0. The number of aliphatic hydroxyl groups is 1. The van der Waals surface area contributed by atoms with Gasteiger partial charge in [0.05, 0.1) is 18.0 Å². The van der Waals surface area contributed by atoms with E-state index in [1.165, 1.54) is 16.7 Å². The third-order valence-corrected chi connectivity index (χ3v) is 4.56. The molecule has 0 unspecified atom stereocenters. The number of alkyl carbamates (subject to hydrolysis) is 1. The molecule has 1 aliphatic rings. The SMILES string of the molecule is CC(C)NC(=O)OCc1c(CO)c2c(n1C)-c1ccccc1CC2. The van der Waals surface area contributed by atoms with Crippen molar-refractivity contribution < 1.29 is 14.6 Å². The minimum absolute atomic E-state index is 0.0308. The highest BCUT2D eigenvalue weighted by Crippen LogP contribution is 2.38. The molecule has 0 bridgehead atoms. The van der Waals surface area contributed by atoms with Crippen molar-refractivity contribution in [2.45, 2.75) is 45.9 Å². The fraction of sp³-hybridized carbons (Fsp3) is 0.421. The van der Waals surface area contributed by atoms with Crippen LogP contribution >= 0.6 is 0 Å². The zero-order valence-electron chi connectivity index (χ0n) is 14.4. The largest absolute Gasteiger partial charge is 0.443 e. The van der Waals surface area contributed by atoms with Crippen LogP contribution in [0.15, 0.2) is 24.3 Å². The van der Waals surface area contributed by atoms with E-state index in [1.807, 2.05) is 27.0 Å². The predicted molar refractivity (Wildman–Crippen MR) is 92.6 cm³/mol. The Morgan fingerprint density at radius 2 is 2.08 bits per heavy atom. The van der Waals surface area contributed by atoms with Crippen LogP contribution in [-0.4, -0.2) is 21.8 Å². The Bertz CT molecular complexity index is 762. The first-order chi connectivity index (χ1) is 11.5. The van der Waals surface area contributed by atoms with Gasteiger partial charge in [-0.15, -0.1) is 0 Å². The van der Waals surface area contributed by atoms with Crippen LogP contribution < -0.4 is 5.32 Å². The highest BCUT2D eigenvalue weighted by molar-refractivity contribution is 5.73. The molecule has 0 fully saturated rings. The van der Waals surface area contributed by atoms with E-state index in [0.717, 1.165) is 29.8 Å². The van der Waals surface area contributed by atoms with Gasteiger partial charge in [-0.3, -0.25) is 0 Å². The van der Waals surface area contributed by atoms with Gasteiger partial charge in [0.25, 0.3) is 0 Å². The summed E-state index contributed by atoms with van der Waals surface area (Å²) in [5, 5.41) is 12.6. The van der Waals surface area contributed by atoms with Crippen molar-refractivity contribution in [3.05, 3.63) is 46.6 Å². The van der Waals surface area contributed by atoms with Gasteiger partial charge in [0.2, 0.25) is 0 Å². The number of hydrogen-bond donors (Lipinski definition) is 2. The Kier molecular flexibility index (Phi) is 4.62. The van der Waals surface area contributed by atoms with Crippen LogP contribution in [0.25, 0.3) is 11.3 Å². The zero-order chi connectivity index (χ0) is 17.3. The Morgan fingerprint density at radius 1 is 1.33 bits per heavy atom. The first-order valence-electron chi connectivity index (χ1n) is 8.34. The summed E-state index contributed by atoms with van der Waals surface area (Å²) in [4.78, 5) is 11.8. The van der Waals surface area contributed by atoms with Gasteiger partial charge in [0, 0.05) is 24.2 Å². The molecular formula is C19H24N2O3. The minimum Gasteiger partial charge on any atom is -0.443 e. The number of amides is 1. The van der Waals surface area contributed by atoms with Crippen molar-refractivity contribution in [3.8, 4) is 11.3 Å². The molecule has 5 heteroatoms. The van der Waals surface area contributed by atoms with Crippen molar-refractivity contribution in [1.82, 2.24) is 9.88 Å². The molecule has 2 aromatic rings. The Morgan fingerprint density at radius 3 is 2.79 bits per heavy atom. The highest BCUT2D eigenvalue weighted by Gasteiger charge is 2.26. The third kappa shape index (κ3) is 2.91. The van der Waals surface area contributed by atoms with Gasteiger partial charge in [-0.1, -0.05) is 24.3 Å². The lowest BCUT2D eigenvalue weighted by Crippen LogP contribution is -2.30. The summed E-state index contributed by atoms with van der Waals surface area (Å²) < 4.78 is 7.40. The molecule has 24 heavy (non-hydrogen) atoms. The number of nitrogens with one attached hydrogen (secondary N) is 1. The van der Waals surface area contributed by atoms with E-state index >= 15 is 0 Å². The molecule has 0 atom stereocenters. The Balaban J connectivity index is 1.95. The smallest absolute Gasteiger partial charge is 0.407 e. The van der Waals surface area contributed by atoms with Crippen molar-refractivity contribution in [2.75, 3.05) is 0 Å². The summed E-state index contributed by atoms with van der Waals surface area (Å²) in [7, 11) is 1.97. The fourth-order valence-corrected chi connectivity index (χ4v) is 3.48. The molecule has 0 radical (unpaired) electrons. The number of nitrogens with zero attached hydrogens (tertiary/aromatic N) is 1. The first kappa shape index (κ1) is 16.6. The summed E-state index contributed by atoms with van der Waals surface area (Å²) in [6.45, 7) is 3.88. The predicted octanol–water partition coefficient (Wildman–Crippen LogP) is 2.92. The molecule has 5 nitrogen and oxygen atoms in total. The van der Waals surface area contributed by atoms with Crippen molar-refractivity contribution in [3.63, 3.8) is 0 Å². The number of aliphatic hydroxyl groups excluding tert-OH is 1. The topological polar surface area (TPSA) is 63.5 Å². The second-order valence-electron chi connectivity index (χ2n) is 6.50. The molecule has 128 valence electrons. The normalized spacial score (nSPS) is 12.7. The van der Waals surface area contributed by atoms with Gasteiger partial charge in [0.15, 0.2) is 0 Å². The maximum Gasteiger partial charge on any atom is 0.407 e. The monoisotopic (exact) mass is 328 g/mol. The summed E-state index contributed by atoms with van der Waals surface area (Å²) in [5.41, 5.74) is 6.57. The van der Waals surface area contributed by atoms with E-state index in [1.54, 1.807) is 0 Å². The Labute approximate surface area is 142 Å². The summed E-state index contributed by atoms with van der Waals surface area (Å²) in [6.07, 6.45) is 1.43. The van der Waals surface area contributed by atoms with Crippen LogP contribution in [0.3, 0.4) is 0 Å². The number of carbonyl (C=O) groups excluding carboxylic acids is 1. The van der Waals surface area contributed by atoms with Crippen LogP contribution in [-0.2, 0) is 37.8 Å². The molecule has 0 spiro atoms. The molecule has 0 saturated heterocycles. The zero-order valence-corrected chi connectivity index (χ0v) is 14.4. The molecule has 3 rings (SSSR count). The van der Waals surface area contributed by atoms with Crippen LogP contribution in [0.4, 0.5) is 4.79 Å². The lowest BCUT2D eigenvalue weighted by Gasteiger charge is -2.18. The maximum atomic E-state index is 11.8. The average Bonchev–Trinajstić information content (AvgIpc) is 2.84. The molecule has 1 aromatic heterocycles. The van der Waals surface area contributed by atoms with Gasteiger partial charge < -0.3 is 19.7 Å².